The molecule has 0 bridgehead atoms. The molecule has 2 aromatic rings. The standard InChI is InChI=1S/C14H14FNOS2/c1-9-10(2)19-14(16-9)7-12(17)8-18-13-5-3-4-11(15)6-13/h3-6H,7-8H2,1-2H3. The first-order valence-electron chi connectivity index (χ1n) is 5.87. The number of hydrogen-bond acceptors (Lipinski definition) is 4. The number of halogens is 1. The Morgan fingerprint density at radius 2 is 2.21 bits per heavy atom. The van der Waals surface area contributed by atoms with E-state index in [1.165, 1.54) is 23.9 Å². The molecule has 1 heterocycles. The molecule has 100 valence electrons. The summed E-state index contributed by atoms with van der Waals surface area (Å²) in [6, 6.07) is 6.29. The van der Waals surface area contributed by atoms with Crippen LogP contribution in [-0.2, 0) is 11.2 Å². The number of carbonyl (C=O) groups is 1. The molecule has 1 aromatic heterocycles. The van der Waals surface area contributed by atoms with Crippen molar-refractivity contribution in [3.8, 4) is 0 Å². The van der Waals surface area contributed by atoms with Gasteiger partial charge in [-0.1, -0.05) is 6.07 Å². The van der Waals surface area contributed by atoms with Crippen LogP contribution in [0.4, 0.5) is 4.39 Å². The smallest absolute Gasteiger partial charge is 0.149 e. The van der Waals surface area contributed by atoms with E-state index in [-0.39, 0.29) is 11.6 Å². The minimum Gasteiger partial charge on any atom is -0.298 e. The quantitative estimate of drug-likeness (QED) is 0.786. The van der Waals surface area contributed by atoms with Gasteiger partial charge in [0, 0.05) is 9.77 Å². The Morgan fingerprint density at radius 1 is 1.42 bits per heavy atom. The molecule has 1 aromatic carbocycles. The molecule has 0 aliphatic rings. The van der Waals surface area contributed by atoms with Crippen molar-refractivity contribution < 1.29 is 9.18 Å². The van der Waals surface area contributed by atoms with Gasteiger partial charge < -0.3 is 0 Å². The van der Waals surface area contributed by atoms with Crippen molar-refractivity contribution in [1.29, 1.82) is 0 Å². The Labute approximate surface area is 120 Å². The van der Waals surface area contributed by atoms with Crippen LogP contribution in [0.1, 0.15) is 15.6 Å². The second-order valence-electron chi connectivity index (χ2n) is 4.21. The highest BCUT2D eigenvalue weighted by Gasteiger charge is 2.10. The van der Waals surface area contributed by atoms with Crippen molar-refractivity contribution in [2.45, 2.75) is 25.2 Å². The van der Waals surface area contributed by atoms with Gasteiger partial charge in [0.15, 0.2) is 0 Å². The number of aryl methyl sites for hydroxylation is 2. The molecule has 0 unspecified atom stereocenters. The molecular weight excluding hydrogens is 281 g/mol. The monoisotopic (exact) mass is 295 g/mol. The Bertz CT molecular complexity index is 575. The molecule has 19 heavy (non-hydrogen) atoms. The van der Waals surface area contributed by atoms with Crippen molar-refractivity contribution in [3.05, 3.63) is 45.7 Å². The summed E-state index contributed by atoms with van der Waals surface area (Å²) in [6.07, 6.45) is 0.363. The molecule has 0 atom stereocenters. The van der Waals surface area contributed by atoms with Gasteiger partial charge in [-0.2, -0.15) is 0 Å². The van der Waals surface area contributed by atoms with Crippen LogP contribution in [-0.4, -0.2) is 16.5 Å². The number of Topliss-reactive ketones (excluding diaryl/α,β-unsaturated/α-hetero) is 1. The van der Waals surface area contributed by atoms with Gasteiger partial charge in [0.2, 0.25) is 0 Å². The van der Waals surface area contributed by atoms with Crippen molar-refractivity contribution in [1.82, 2.24) is 4.98 Å². The van der Waals surface area contributed by atoms with E-state index in [2.05, 4.69) is 4.98 Å². The van der Waals surface area contributed by atoms with Crippen LogP contribution in [0.15, 0.2) is 29.2 Å². The van der Waals surface area contributed by atoms with E-state index in [0.717, 1.165) is 20.5 Å². The molecule has 0 saturated heterocycles. The van der Waals surface area contributed by atoms with E-state index in [4.69, 9.17) is 0 Å². The van der Waals surface area contributed by atoms with Crippen LogP contribution in [0.25, 0.3) is 0 Å². The largest absolute Gasteiger partial charge is 0.298 e. The molecule has 2 rings (SSSR count). The van der Waals surface area contributed by atoms with E-state index in [1.54, 1.807) is 23.5 Å². The zero-order valence-electron chi connectivity index (χ0n) is 10.8. The molecule has 2 nitrogen and oxygen atoms in total. The minimum absolute atomic E-state index is 0.114. The predicted molar refractivity (Wildman–Crippen MR) is 77.4 cm³/mol. The van der Waals surface area contributed by atoms with Gasteiger partial charge in [0.25, 0.3) is 0 Å². The summed E-state index contributed by atoms with van der Waals surface area (Å²) in [6.45, 7) is 3.95. The van der Waals surface area contributed by atoms with Gasteiger partial charge >= 0.3 is 0 Å². The van der Waals surface area contributed by atoms with Crippen LogP contribution in [0.2, 0.25) is 0 Å². The average molecular weight is 295 g/mol. The summed E-state index contributed by atoms with van der Waals surface area (Å²) >= 11 is 2.93. The highest BCUT2D eigenvalue weighted by Crippen LogP contribution is 2.21. The fourth-order valence-corrected chi connectivity index (χ4v) is 3.32. The number of ketones is 1. The first kappa shape index (κ1) is 14.2. The van der Waals surface area contributed by atoms with Crippen LogP contribution >= 0.6 is 23.1 Å². The Hall–Kier alpha value is -1.20. The number of rotatable bonds is 5. The first-order valence-corrected chi connectivity index (χ1v) is 7.68. The van der Waals surface area contributed by atoms with Gasteiger partial charge in [-0.25, -0.2) is 9.37 Å². The van der Waals surface area contributed by atoms with Crippen molar-refractivity contribution in [3.63, 3.8) is 0 Å². The summed E-state index contributed by atoms with van der Waals surface area (Å²) in [5.74, 6) is 0.188. The summed E-state index contributed by atoms with van der Waals surface area (Å²) in [4.78, 5) is 18.1. The van der Waals surface area contributed by atoms with E-state index < -0.39 is 0 Å². The van der Waals surface area contributed by atoms with Crippen molar-refractivity contribution in [2.24, 2.45) is 0 Å². The molecule has 5 heteroatoms. The highest BCUT2D eigenvalue weighted by atomic mass is 32.2. The van der Waals surface area contributed by atoms with E-state index in [0.29, 0.717) is 12.2 Å². The zero-order chi connectivity index (χ0) is 13.8. The summed E-state index contributed by atoms with van der Waals surface area (Å²) in [5, 5.41) is 0.861. The third-order valence-electron chi connectivity index (χ3n) is 2.62. The second-order valence-corrected chi connectivity index (χ2v) is 6.55. The molecule has 0 amide bonds. The highest BCUT2D eigenvalue weighted by molar-refractivity contribution is 8.00. The lowest BCUT2D eigenvalue weighted by atomic mass is 10.3. The number of aromatic nitrogens is 1. The van der Waals surface area contributed by atoms with Gasteiger partial charge in [-0.3, -0.25) is 4.79 Å². The lowest BCUT2D eigenvalue weighted by molar-refractivity contribution is -0.116. The maximum Gasteiger partial charge on any atom is 0.149 e. The summed E-state index contributed by atoms with van der Waals surface area (Å²) in [7, 11) is 0. The fourth-order valence-electron chi connectivity index (χ4n) is 1.56. The van der Waals surface area contributed by atoms with Crippen LogP contribution in [0.3, 0.4) is 0 Å². The number of carbonyl (C=O) groups excluding carboxylic acids is 1. The normalized spacial score (nSPS) is 10.7. The molecule has 0 radical (unpaired) electrons. The lowest BCUT2D eigenvalue weighted by Crippen LogP contribution is -2.05. The number of thioether (sulfide) groups is 1. The molecular formula is C14H14FNOS2. The predicted octanol–water partition coefficient (Wildman–Crippen LogP) is 3.80. The van der Waals surface area contributed by atoms with E-state index in [1.807, 2.05) is 13.8 Å². The maximum absolute atomic E-state index is 13.0. The summed E-state index contributed by atoms with van der Waals surface area (Å²) < 4.78 is 13.0. The van der Waals surface area contributed by atoms with Gasteiger partial charge in [0.05, 0.1) is 17.9 Å². The SMILES string of the molecule is Cc1nc(CC(=O)CSc2cccc(F)c2)sc1C. The number of nitrogens with zero attached hydrogens (tertiary/aromatic N) is 1. The van der Waals surface area contributed by atoms with E-state index >= 15 is 0 Å². The van der Waals surface area contributed by atoms with Crippen molar-refractivity contribution in [2.75, 3.05) is 5.75 Å². The minimum atomic E-state index is -0.274. The van der Waals surface area contributed by atoms with Gasteiger partial charge in [0.1, 0.15) is 16.6 Å². The van der Waals surface area contributed by atoms with Gasteiger partial charge in [-0.05, 0) is 32.0 Å². The van der Waals surface area contributed by atoms with E-state index in [9.17, 15) is 9.18 Å². The number of hydrogen-bond donors (Lipinski definition) is 0. The Balaban J connectivity index is 1.88. The molecule has 0 aliphatic carbocycles. The van der Waals surface area contributed by atoms with Crippen LogP contribution in [0.5, 0.6) is 0 Å². The molecule has 0 aliphatic heterocycles. The van der Waals surface area contributed by atoms with Crippen molar-refractivity contribution >= 4 is 28.9 Å². The third kappa shape index (κ3) is 4.14. The third-order valence-corrected chi connectivity index (χ3v) is 4.74. The Morgan fingerprint density at radius 3 is 2.84 bits per heavy atom. The maximum atomic E-state index is 13.0. The first-order chi connectivity index (χ1) is 9.04. The summed E-state index contributed by atoms with van der Waals surface area (Å²) in [5.41, 5.74) is 0.991. The van der Waals surface area contributed by atoms with Crippen LogP contribution < -0.4 is 0 Å². The molecule has 0 spiro atoms. The molecule has 0 N–H and O–H groups in total. The Kier molecular flexibility index (Phi) is 4.71. The number of thiazole rings is 1. The average Bonchev–Trinajstić information content (AvgIpc) is 2.66. The van der Waals surface area contributed by atoms with Crippen LogP contribution in [0, 0.1) is 19.7 Å². The topological polar surface area (TPSA) is 30.0 Å². The second kappa shape index (κ2) is 6.30. The molecule has 0 saturated carbocycles. The molecule has 0 fully saturated rings. The number of benzene rings is 1. The zero-order valence-corrected chi connectivity index (χ0v) is 12.4. The fraction of sp³-hybridized carbons (Fsp3) is 0.286. The lowest BCUT2D eigenvalue weighted by Gasteiger charge is -2.00. The van der Waals surface area contributed by atoms with Gasteiger partial charge in [-0.15, -0.1) is 23.1 Å².